The lowest BCUT2D eigenvalue weighted by atomic mass is 9.79. The Kier molecular flexibility index (Phi) is 3.95. The van der Waals surface area contributed by atoms with Crippen LogP contribution in [0.25, 0.3) is 0 Å². The second kappa shape index (κ2) is 5.28. The van der Waals surface area contributed by atoms with Crippen molar-refractivity contribution >= 4 is 11.6 Å². The van der Waals surface area contributed by atoms with Crippen LogP contribution in [0.15, 0.2) is 18.2 Å². The molecular weight excluding hydrogens is 234 g/mol. The van der Waals surface area contributed by atoms with E-state index in [4.69, 9.17) is 16.3 Å². The first-order valence-corrected chi connectivity index (χ1v) is 6.58. The summed E-state index contributed by atoms with van der Waals surface area (Å²) >= 11 is 6.22. The molecular formula is C14H20ClNO. The Morgan fingerprint density at radius 2 is 2.06 bits per heavy atom. The molecule has 0 atom stereocenters. The fraction of sp³-hybridized carbons (Fsp3) is 0.571. The first-order chi connectivity index (χ1) is 8.22. The molecule has 1 saturated carbocycles. The highest BCUT2D eigenvalue weighted by molar-refractivity contribution is 6.32. The Morgan fingerprint density at radius 1 is 1.35 bits per heavy atom. The van der Waals surface area contributed by atoms with Crippen LogP contribution in [0, 0.1) is 0 Å². The molecule has 2 rings (SSSR count). The van der Waals surface area contributed by atoms with E-state index in [1.807, 2.05) is 13.1 Å². The van der Waals surface area contributed by atoms with Gasteiger partial charge in [0, 0.05) is 12.0 Å². The number of benzene rings is 1. The number of rotatable bonds is 4. The summed E-state index contributed by atoms with van der Waals surface area (Å²) in [5.74, 6) is 0.757. The van der Waals surface area contributed by atoms with Gasteiger partial charge in [-0.05, 0) is 37.6 Å². The molecule has 0 heterocycles. The highest BCUT2D eigenvalue weighted by Crippen LogP contribution is 2.42. The minimum Gasteiger partial charge on any atom is -0.495 e. The number of ether oxygens (including phenoxy) is 1. The molecule has 0 bridgehead atoms. The SMILES string of the molecule is CNCC1(c2ccc(OC)c(Cl)c2)CCCC1. The van der Waals surface area contributed by atoms with E-state index >= 15 is 0 Å². The Balaban J connectivity index is 2.33. The third kappa shape index (κ3) is 2.43. The minimum atomic E-state index is 0.269. The highest BCUT2D eigenvalue weighted by Gasteiger charge is 2.35. The summed E-state index contributed by atoms with van der Waals surface area (Å²) < 4.78 is 5.21. The average molecular weight is 254 g/mol. The van der Waals surface area contributed by atoms with Crippen LogP contribution in [-0.4, -0.2) is 20.7 Å². The van der Waals surface area contributed by atoms with Crippen molar-refractivity contribution in [1.82, 2.24) is 5.32 Å². The van der Waals surface area contributed by atoms with Gasteiger partial charge in [-0.1, -0.05) is 30.5 Å². The lowest BCUT2D eigenvalue weighted by molar-refractivity contribution is 0.408. The molecule has 1 aliphatic carbocycles. The van der Waals surface area contributed by atoms with Crippen molar-refractivity contribution in [3.05, 3.63) is 28.8 Å². The van der Waals surface area contributed by atoms with Crippen molar-refractivity contribution in [3.63, 3.8) is 0 Å². The van der Waals surface area contributed by atoms with E-state index in [1.54, 1.807) is 7.11 Å². The van der Waals surface area contributed by atoms with Crippen molar-refractivity contribution in [2.24, 2.45) is 0 Å². The predicted molar refractivity (Wildman–Crippen MR) is 72.1 cm³/mol. The molecule has 0 spiro atoms. The summed E-state index contributed by atoms with van der Waals surface area (Å²) in [6.45, 7) is 1.02. The number of hydrogen-bond donors (Lipinski definition) is 1. The van der Waals surface area contributed by atoms with E-state index in [2.05, 4.69) is 17.4 Å². The van der Waals surface area contributed by atoms with Gasteiger partial charge in [-0.15, -0.1) is 0 Å². The van der Waals surface area contributed by atoms with Crippen LogP contribution in [0.1, 0.15) is 31.2 Å². The molecule has 0 radical (unpaired) electrons. The molecule has 17 heavy (non-hydrogen) atoms. The largest absolute Gasteiger partial charge is 0.495 e. The van der Waals surface area contributed by atoms with Crippen molar-refractivity contribution in [2.75, 3.05) is 20.7 Å². The quantitative estimate of drug-likeness (QED) is 0.888. The molecule has 0 aliphatic heterocycles. The van der Waals surface area contributed by atoms with E-state index < -0.39 is 0 Å². The van der Waals surface area contributed by atoms with Gasteiger partial charge in [-0.3, -0.25) is 0 Å². The monoisotopic (exact) mass is 253 g/mol. The fourth-order valence-corrected chi connectivity index (χ4v) is 3.21. The zero-order valence-electron chi connectivity index (χ0n) is 10.6. The molecule has 1 N–H and O–H groups in total. The molecule has 0 unspecified atom stereocenters. The summed E-state index contributed by atoms with van der Waals surface area (Å²) in [6.07, 6.45) is 5.11. The number of hydrogen-bond acceptors (Lipinski definition) is 2. The number of likely N-dealkylation sites (N-methyl/N-ethyl adjacent to an activating group) is 1. The smallest absolute Gasteiger partial charge is 0.137 e. The zero-order chi connectivity index (χ0) is 12.3. The third-order valence-corrected chi connectivity index (χ3v) is 4.14. The zero-order valence-corrected chi connectivity index (χ0v) is 11.3. The molecule has 1 aromatic carbocycles. The van der Waals surface area contributed by atoms with E-state index in [-0.39, 0.29) is 5.41 Å². The summed E-state index contributed by atoms with van der Waals surface area (Å²) in [7, 11) is 3.67. The van der Waals surface area contributed by atoms with Gasteiger partial charge in [0.1, 0.15) is 5.75 Å². The van der Waals surface area contributed by atoms with Crippen molar-refractivity contribution < 1.29 is 4.74 Å². The topological polar surface area (TPSA) is 21.3 Å². The first-order valence-electron chi connectivity index (χ1n) is 6.20. The number of halogens is 1. The van der Waals surface area contributed by atoms with Gasteiger partial charge in [0.05, 0.1) is 12.1 Å². The number of nitrogens with one attached hydrogen (secondary N) is 1. The summed E-state index contributed by atoms with van der Waals surface area (Å²) in [5, 5.41) is 4.04. The lowest BCUT2D eigenvalue weighted by Gasteiger charge is -2.29. The van der Waals surface area contributed by atoms with E-state index in [9.17, 15) is 0 Å². The summed E-state index contributed by atoms with van der Waals surface area (Å²) in [5.41, 5.74) is 1.61. The molecule has 1 fully saturated rings. The summed E-state index contributed by atoms with van der Waals surface area (Å²) in [6, 6.07) is 6.21. The summed E-state index contributed by atoms with van der Waals surface area (Å²) in [4.78, 5) is 0. The third-order valence-electron chi connectivity index (χ3n) is 3.84. The van der Waals surface area contributed by atoms with Gasteiger partial charge in [0.2, 0.25) is 0 Å². The van der Waals surface area contributed by atoms with Crippen molar-refractivity contribution in [3.8, 4) is 5.75 Å². The Bertz CT molecular complexity index is 386. The molecule has 0 amide bonds. The van der Waals surface area contributed by atoms with Gasteiger partial charge < -0.3 is 10.1 Å². The van der Waals surface area contributed by atoms with Crippen LogP contribution in [0.3, 0.4) is 0 Å². The van der Waals surface area contributed by atoms with Crippen molar-refractivity contribution in [2.45, 2.75) is 31.1 Å². The first kappa shape index (κ1) is 12.7. The Morgan fingerprint density at radius 3 is 2.59 bits per heavy atom. The van der Waals surface area contributed by atoms with Gasteiger partial charge in [-0.25, -0.2) is 0 Å². The molecule has 1 aliphatic rings. The molecule has 2 nitrogen and oxygen atoms in total. The van der Waals surface area contributed by atoms with Gasteiger partial charge in [0.25, 0.3) is 0 Å². The molecule has 0 aromatic heterocycles. The maximum Gasteiger partial charge on any atom is 0.137 e. The Hall–Kier alpha value is -0.730. The normalized spacial score (nSPS) is 18.3. The fourth-order valence-electron chi connectivity index (χ4n) is 2.95. The van der Waals surface area contributed by atoms with Crippen LogP contribution >= 0.6 is 11.6 Å². The second-order valence-electron chi connectivity index (χ2n) is 4.87. The predicted octanol–water partition coefficient (Wildman–Crippen LogP) is 3.38. The van der Waals surface area contributed by atoms with E-state index in [0.29, 0.717) is 5.02 Å². The maximum atomic E-state index is 6.22. The van der Waals surface area contributed by atoms with Crippen LogP contribution in [0.5, 0.6) is 5.75 Å². The lowest BCUT2D eigenvalue weighted by Crippen LogP contribution is -2.34. The van der Waals surface area contributed by atoms with Gasteiger partial charge in [-0.2, -0.15) is 0 Å². The minimum absolute atomic E-state index is 0.269. The van der Waals surface area contributed by atoms with Crippen LogP contribution in [0.2, 0.25) is 5.02 Å². The van der Waals surface area contributed by atoms with Crippen LogP contribution in [-0.2, 0) is 5.41 Å². The highest BCUT2D eigenvalue weighted by atomic mass is 35.5. The molecule has 3 heteroatoms. The molecule has 0 saturated heterocycles. The van der Waals surface area contributed by atoms with Crippen LogP contribution < -0.4 is 10.1 Å². The van der Waals surface area contributed by atoms with E-state index in [1.165, 1.54) is 31.2 Å². The van der Waals surface area contributed by atoms with Crippen LogP contribution in [0.4, 0.5) is 0 Å². The van der Waals surface area contributed by atoms with Gasteiger partial charge in [0.15, 0.2) is 0 Å². The molecule has 94 valence electrons. The van der Waals surface area contributed by atoms with E-state index in [0.717, 1.165) is 12.3 Å². The van der Waals surface area contributed by atoms with Gasteiger partial charge >= 0.3 is 0 Å². The maximum absolute atomic E-state index is 6.22. The Labute approximate surface area is 108 Å². The van der Waals surface area contributed by atoms with Crippen molar-refractivity contribution in [1.29, 1.82) is 0 Å². The standard InChI is InChI=1S/C14H20ClNO/c1-16-10-14(7-3-4-8-14)11-5-6-13(17-2)12(15)9-11/h5-6,9,16H,3-4,7-8,10H2,1-2H3. The second-order valence-corrected chi connectivity index (χ2v) is 5.27. The molecule has 1 aromatic rings. The average Bonchev–Trinajstić information content (AvgIpc) is 2.79. The number of methoxy groups -OCH3 is 1.